The Hall–Kier alpha value is -7.03. The van der Waals surface area contributed by atoms with Crippen molar-refractivity contribution >= 4 is 107 Å². The van der Waals surface area contributed by atoms with Gasteiger partial charge in [0.15, 0.2) is 11.8 Å². The van der Waals surface area contributed by atoms with Crippen LogP contribution in [-0.4, -0.2) is 137 Å². The number of aromatic hydroxyl groups is 1. The quantitative estimate of drug-likeness (QED) is 0.0405. The number of anilines is 1. The summed E-state index contributed by atoms with van der Waals surface area (Å²) >= 11 is 0. The zero-order chi connectivity index (χ0) is 53.1. The monoisotopic (exact) mass is 1100 g/mol. The molecule has 0 aromatic heterocycles. The van der Waals surface area contributed by atoms with Gasteiger partial charge in [0.25, 0.3) is 56.5 Å². The number of fused-ring (bicyclic) bond motifs is 1. The molecule has 1 aliphatic rings. The molecule has 384 valence electrons. The Balaban J connectivity index is 1.47. The van der Waals surface area contributed by atoms with Gasteiger partial charge in [-0.25, -0.2) is 0 Å². The Bertz CT molecular complexity index is 3700. The van der Waals surface area contributed by atoms with Crippen LogP contribution in [0, 0.1) is 0 Å². The third-order valence-corrected chi connectivity index (χ3v) is 13.6. The summed E-state index contributed by atoms with van der Waals surface area (Å²) in [7, 11) is -24.5. The fourth-order valence-corrected chi connectivity index (χ4v) is 9.53. The number of hydrazone groups is 1. The summed E-state index contributed by atoms with van der Waals surface area (Å²) in [6.07, 6.45) is 0. The van der Waals surface area contributed by atoms with Crippen LogP contribution in [0.15, 0.2) is 128 Å². The van der Waals surface area contributed by atoms with Crippen LogP contribution in [-0.2, 0) is 55.4 Å². The molecule has 0 radical (unpaired) electrons. The minimum Gasteiger partial charge on any atom is -0.505 e. The number of amides is 1. The second kappa shape index (κ2) is 21.0. The summed E-state index contributed by atoms with van der Waals surface area (Å²) in [4.78, 5) is 9.50. The summed E-state index contributed by atoms with van der Waals surface area (Å²) < 4.78 is 188. The predicted octanol–water partition coefficient (Wildman–Crippen LogP) is 3.86. The van der Waals surface area contributed by atoms with E-state index in [1.807, 2.05) is 0 Å². The number of ether oxygens (including phenoxy) is 3. The van der Waals surface area contributed by atoms with E-state index in [1.165, 1.54) is 13.2 Å². The predicted molar refractivity (Wildman–Crippen MR) is 244 cm³/mol. The van der Waals surface area contributed by atoms with Crippen molar-refractivity contribution in [3.63, 3.8) is 0 Å². The van der Waals surface area contributed by atoms with E-state index in [9.17, 15) is 85.0 Å². The van der Waals surface area contributed by atoms with E-state index in [0.29, 0.717) is 11.1 Å². The van der Waals surface area contributed by atoms with Crippen LogP contribution in [0.1, 0.15) is 0 Å². The first-order valence-electron chi connectivity index (χ1n) is 19.3. The molecule has 0 spiro atoms. The van der Waals surface area contributed by atoms with Crippen molar-refractivity contribution in [2.75, 3.05) is 44.3 Å². The van der Waals surface area contributed by atoms with Gasteiger partial charge in [0, 0.05) is 29.0 Å². The molecule has 1 unspecified atom stereocenters. The average Bonchev–Trinajstić information content (AvgIpc) is 3.59. The molecule has 8 N–H and O–H groups in total. The molecular weight excluding hydrogens is 1070 g/mol. The Kier molecular flexibility index (Phi) is 15.8. The average molecular weight is 1100 g/mol. The largest absolute Gasteiger partial charge is 0.505 e. The van der Waals surface area contributed by atoms with Gasteiger partial charge >= 0.3 is 0 Å². The van der Waals surface area contributed by atoms with Crippen LogP contribution in [0.5, 0.6) is 23.0 Å². The lowest BCUT2D eigenvalue weighted by Crippen LogP contribution is -2.32. The van der Waals surface area contributed by atoms with Gasteiger partial charge in [0.1, 0.15) is 79.3 Å². The highest BCUT2D eigenvalue weighted by atomic mass is 32.2. The lowest BCUT2D eigenvalue weighted by Gasteiger charge is -2.14. The van der Waals surface area contributed by atoms with Crippen molar-refractivity contribution in [3.05, 3.63) is 72.8 Å². The highest BCUT2D eigenvalue weighted by Crippen LogP contribution is 2.47. The van der Waals surface area contributed by atoms with E-state index in [4.69, 9.17) is 14.2 Å². The van der Waals surface area contributed by atoms with Gasteiger partial charge in [-0.2, -0.15) is 62.4 Å². The highest BCUT2D eigenvalue weighted by Gasteiger charge is 2.39. The minimum absolute atomic E-state index is 0.0249. The molecular formula is C37H34N8O22S5. The minimum atomic E-state index is -5.60. The molecule has 35 heteroatoms. The number of hydrogen-bond donors (Lipinski definition) is 8. The molecule has 0 fully saturated rings. The molecule has 1 aliphatic heterocycles. The van der Waals surface area contributed by atoms with E-state index in [-0.39, 0.29) is 28.6 Å². The second-order valence-corrected chi connectivity index (χ2v) is 21.2. The summed E-state index contributed by atoms with van der Waals surface area (Å²) in [5, 5.41) is 56.2. The summed E-state index contributed by atoms with van der Waals surface area (Å²) in [5.74, 6) is -4.42. The first kappa shape index (κ1) is 54.3. The van der Waals surface area contributed by atoms with Crippen molar-refractivity contribution in [2.45, 2.75) is 25.6 Å². The van der Waals surface area contributed by atoms with Gasteiger partial charge in [-0.1, -0.05) is 0 Å². The number of nitrogens with zero attached hydrogens (tertiary/aromatic N) is 8. The maximum atomic E-state index is 13.5. The molecule has 5 aromatic rings. The molecule has 0 saturated heterocycles. The number of aliphatic hydroxyl groups is 2. The first-order chi connectivity index (χ1) is 33.5. The Labute approximate surface area is 406 Å². The fourth-order valence-electron chi connectivity index (χ4n) is 6.35. The maximum Gasteiger partial charge on any atom is 0.297 e. The van der Waals surface area contributed by atoms with Crippen LogP contribution in [0.25, 0.3) is 10.8 Å². The highest BCUT2D eigenvalue weighted by molar-refractivity contribution is 7.87. The summed E-state index contributed by atoms with van der Waals surface area (Å²) in [5.41, 5.74) is -4.02. The van der Waals surface area contributed by atoms with Crippen LogP contribution in [0.3, 0.4) is 0 Å². The number of methoxy groups -OCH3 is 1. The standard InChI is InChI=1S/C37H34N8O22S5/c1-65-20-4-8-24(31(14-20)70(56,57)58)38-40-26-16-30(67-13-11-47)27(17-29(26)66-12-10-46)41-43-34-32(71(59,60)61)15-23-22(35(34)48)7-9-25(36(23)72(62,63)64)39-42-33-28(18-68(50,51)52)44-45(37(33)49)19-2-5-21(6-3-19)69(53,54)55/h2-9,14-17,33,46-48H,10-13,18H2,1H3,(H,50,51,52)(H,53,54,55)(H,56,57,58)(H,59,60,61)(H,62,63,64). The third kappa shape index (κ3) is 12.5. The molecule has 1 amide bonds. The molecule has 30 nitrogen and oxygen atoms in total. The number of carbonyl (C=O) groups excluding carboxylic acids is 1. The van der Waals surface area contributed by atoms with Gasteiger partial charge in [-0.3, -0.25) is 27.6 Å². The van der Waals surface area contributed by atoms with Crippen molar-refractivity contribution in [2.24, 2.45) is 35.8 Å². The number of azo groups is 3. The smallest absolute Gasteiger partial charge is 0.297 e. The number of carbonyl (C=O) groups is 1. The van der Waals surface area contributed by atoms with Gasteiger partial charge in [0.2, 0.25) is 0 Å². The van der Waals surface area contributed by atoms with E-state index in [1.54, 1.807) is 0 Å². The SMILES string of the molecule is COc1ccc(N=Nc2cc(OCCO)c(N=Nc3c(S(=O)(=O)O)cc4c(S(=O)(=O)O)c(N=NC5C(=O)N(c6ccc(S(=O)(=O)O)cc6)N=C5CS(=O)(=O)O)ccc4c3O)cc2OCCO)c(S(=O)(=O)O)c1. The van der Waals surface area contributed by atoms with E-state index < -0.39 is 159 Å². The number of rotatable bonds is 20. The third-order valence-electron chi connectivity index (χ3n) is 9.38. The maximum absolute atomic E-state index is 13.5. The van der Waals surface area contributed by atoms with Crippen LogP contribution in [0.4, 0.5) is 34.1 Å². The normalized spacial score (nSPS) is 15.1. The zero-order valence-corrected chi connectivity index (χ0v) is 40.0. The zero-order valence-electron chi connectivity index (χ0n) is 36.0. The van der Waals surface area contributed by atoms with Crippen LogP contribution < -0.4 is 19.2 Å². The molecule has 0 aliphatic carbocycles. The summed E-state index contributed by atoms with van der Waals surface area (Å²) in [6, 6.07) is 9.05. The Morgan fingerprint density at radius 3 is 1.68 bits per heavy atom. The number of phenols is 1. The van der Waals surface area contributed by atoms with Crippen LogP contribution >= 0.6 is 0 Å². The molecule has 0 saturated carbocycles. The molecule has 5 aromatic carbocycles. The number of aliphatic hydroxyl groups excluding tert-OH is 2. The lowest BCUT2D eigenvalue weighted by atomic mass is 10.1. The molecule has 6 rings (SSSR count). The Morgan fingerprint density at radius 2 is 1.17 bits per heavy atom. The number of benzene rings is 5. The number of phenolic OH excluding ortho intramolecular Hbond substituents is 1. The molecule has 1 heterocycles. The van der Waals surface area contributed by atoms with Gasteiger partial charge in [0.05, 0.1) is 36.6 Å². The van der Waals surface area contributed by atoms with Crippen LogP contribution in [0.2, 0.25) is 0 Å². The molecule has 0 bridgehead atoms. The topological polar surface area (TPSA) is 467 Å². The number of hydrogen-bond acceptors (Lipinski definition) is 24. The van der Waals surface area contributed by atoms with E-state index >= 15 is 0 Å². The second-order valence-electron chi connectivity index (χ2n) is 14.2. The van der Waals surface area contributed by atoms with E-state index in [2.05, 4.69) is 35.8 Å². The van der Waals surface area contributed by atoms with Crippen molar-refractivity contribution in [1.82, 2.24) is 0 Å². The molecule has 1 atom stereocenters. The lowest BCUT2D eigenvalue weighted by molar-refractivity contribution is -0.117. The van der Waals surface area contributed by atoms with Crippen molar-refractivity contribution in [1.29, 1.82) is 0 Å². The Morgan fingerprint density at radius 1 is 0.611 bits per heavy atom. The van der Waals surface area contributed by atoms with Crippen molar-refractivity contribution < 1.29 is 99.2 Å². The first-order valence-corrected chi connectivity index (χ1v) is 26.7. The van der Waals surface area contributed by atoms with E-state index in [0.717, 1.165) is 60.7 Å². The fraction of sp³-hybridized carbons (Fsp3) is 0.189. The van der Waals surface area contributed by atoms with Gasteiger partial charge in [-0.15, -0.1) is 20.5 Å². The van der Waals surface area contributed by atoms with Crippen molar-refractivity contribution in [3.8, 4) is 23.0 Å². The summed E-state index contributed by atoms with van der Waals surface area (Å²) in [6.45, 7) is -2.07. The molecule has 72 heavy (non-hydrogen) atoms. The van der Waals surface area contributed by atoms with Gasteiger partial charge < -0.3 is 29.5 Å². The van der Waals surface area contributed by atoms with Gasteiger partial charge in [-0.05, 0) is 54.6 Å².